The predicted molar refractivity (Wildman–Crippen MR) is 113 cm³/mol. The van der Waals surface area contributed by atoms with E-state index in [1.165, 1.54) is 30.9 Å². The fourth-order valence-electron chi connectivity index (χ4n) is 6.49. The van der Waals surface area contributed by atoms with Crippen LogP contribution in [0, 0.1) is 29.5 Å². The van der Waals surface area contributed by atoms with Crippen LogP contribution in [0.2, 0.25) is 0 Å². The SMILES string of the molecule is CCCCC1CCc2c(ccc(C3CCC4CC(C=C(F)F)CCC4C3)c2F)C1. The van der Waals surface area contributed by atoms with Gasteiger partial charge in [-0.05, 0) is 110 Å². The summed E-state index contributed by atoms with van der Waals surface area (Å²) in [5, 5.41) is 0. The lowest BCUT2D eigenvalue weighted by molar-refractivity contribution is 0.131. The van der Waals surface area contributed by atoms with Crippen LogP contribution in [-0.4, -0.2) is 0 Å². The Bertz CT molecular complexity index is 734. The molecule has 0 amide bonds. The number of halogens is 3. The maximum Gasteiger partial charge on any atom is 0.266 e. The maximum absolute atomic E-state index is 15.5. The molecule has 0 aromatic heterocycles. The van der Waals surface area contributed by atoms with Gasteiger partial charge in [0.25, 0.3) is 6.08 Å². The van der Waals surface area contributed by atoms with Crippen LogP contribution < -0.4 is 0 Å². The fourth-order valence-corrected chi connectivity index (χ4v) is 6.49. The number of fused-ring (bicyclic) bond motifs is 2. The van der Waals surface area contributed by atoms with Gasteiger partial charge in [0, 0.05) is 0 Å². The Morgan fingerprint density at radius 3 is 2.62 bits per heavy atom. The molecular formula is C26H35F3. The molecule has 0 N–H and O–H groups in total. The van der Waals surface area contributed by atoms with Gasteiger partial charge in [-0.1, -0.05) is 38.3 Å². The number of hydrogen-bond donors (Lipinski definition) is 0. The molecule has 2 saturated carbocycles. The summed E-state index contributed by atoms with van der Waals surface area (Å²) in [5.74, 6) is 2.27. The molecule has 3 aliphatic carbocycles. The molecule has 0 aliphatic heterocycles. The van der Waals surface area contributed by atoms with Crippen molar-refractivity contribution in [3.8, 4) is 0 Å². The second-order valence-corrected chi connectivity index (χ2v) is 9.92. The highest BCUT2D eigenvalue weighted by atomic mass is 19.3. The third kappa shape index (κ3) is 4.75. The molecule has 0 bridgehead atoms. The number of hydrogen-bond acceptors (Lipinski definition) is 0. The highest BCUT2D eigenvalue weighted by Gasteiger charge is 2.37. The third-order valence-corrected chi connectivity index (χ3v) is 8.10. The van der Waals surface area contributed by atoms with Crippen LogP contribution in [0.1, 0.15) is 93.7 Å². The lowest BCUT2D eigenvalue weighted by Gasteiger charge is -2.42. The van der Waals surface area contributed by atoms with E-state index < -0.39 is 6.08 Å². The molecule has 3 heteroatoms. The molecule has 1 aromatic carbocycles. The van der Waals surface area contributed by atoms with Gasteiger partial charge in [0.15, 0.2) is 0 Å². The molecule has 0 heterocycles. The Hall–Kier alpha value is -1.25. The maximum atomic E-state index is 15.5. The van der Waals surface area contributed by atoms with E-state index >= 15 is 4.39 Å². The first-order valence-electron chi connectivity index (χ1n) is 11.9. The summed E-state index contributed by atoms with van der Waals surface area (Å²) in [6.45, 7) is 2.24. The largest absolute Gasteiger partial charge is 0.266 e. The summed E-state index contributed by atoms with van der Waals surface area (Å²) in [6.07, 6.45) is 12.3. The van der Waals surface area contributed by atoms with Crippen LogP contribution >= 0.6 is 0 Å². The van der Waals surface area contributed by atoms with Gasteiger partial charge in [-0.3, -0.25) is 0 Å². The summed E-state index contributed by atoms with van der Waals surface area (Å²) >= 11 is 0. The van der Waals surface area contributed by atoms with Crippen molar-refractivity contribution in [3.63, 3.8) is 0 Å². The van der Waals surface area contributed by atoms with Crippen LogP contribution in [0.25, 0.3) is 0 Å². The zero-order valence-electron chi connectivity index (χ0n) is 17.7. The second-order valence-electron chi connectivity index (χ2n) is 9.92. The van der Waals surface area contributed by atoms with Gasteiger partial charge in [0.2, 0.25) is 0 Å². The van der Waals surface area contributed by atoms with E-state index in [9.17, 15) is 8.78 Å². The average molecular weight is 405 g/mol. The molecule has 0 radical (unpaired) electrons. The standard InChI is InChI=1S/C26H35F3/c1-2-3-4-17-6-11-23-21(13-17)10-12-24(26(23)29)22-9-8-19-14-18(15-25(27)28)5-7-20(19)16-22/h10,12,15,17-20,22H,2-9,11,13-14,16H2,1H3. The highest BCUT2D eigenvalue weighted by Crippen LogP contribution is 2.49. The monoisotopic (exact) mass is 404 g/mol. The van der Waals surface area contributed by atoms with E-state index in [0.717, 1.165) is 74.8 Å². The Balaban J connectivity index is 1.42. The van der Waals surface area contributed by atoms with Gasteiger partial charge in [-0.15, -0.1) is 0 Å². The first kappa shape index (κ1) is 21.0. The molecule has 160 valence electrons. The molecule has 1 aromatic rings. The average Bonchev–Trinajstić information content (AvgIpc) is 2.71. The Labute approximate surface area is 174 Å². The van der Waals surface area contributed by atoms with Crippen LogP contribution in [0.4, 0.5) is 13.2 Å². The van der Waals surface area contributed by atoms with Crippen molar-refractivity contribution in [3.05, 3.63) is 46.8 Å². The molecule has 0 spiro atoms. The van der Waals surface area contributed by atoms with Crippen molar-refractivity contribution in [2.24, 2.45) is 23.7 Å². The minimum Gasteiger partial charge on any atom is -0.206 e. The molecule has 0 nitrogen and oxygen atoms in total. The van der Waals surface area contributed by atoms with Crippen molar-refractivity contribution >= 4 is 0 Å². The molecule has 3 aliphatic rings. The molecule has 5 atom stereocenters. The fraction of sp³-hybridized carbons (Fsp3) is 0.692. The van der Waals surface area contributed by atoms with Gasteiger partial charge >= 0.3 is 0 Å². The number of allylic oxidation sites excluding steroid dienone is 1. The Morgan fingerprint density at radius 1 is 1.03 bits per heavy atom. The summed E-state index contributed by atoms with van der Waals surface area (Å²) in [6, 6.07) is 4.29. The smallest absolute Gasteiger partial charge is 0.206 e. The second kappa shape index (κ2) is 9.27. The number of rotatable bonds is 5. The van der Waals surface area contributed by atoms with Crippen molar-refractivity contribution in [2.45, 2.75) is 89.9 Å². The van der Waals surface area contributed by atoms with Gasteiger partial charge < -0.3 is 0 Å². The number of benzene rings is 1. The minimum atomic E-state index is -1.53. The van der Waals surface area contributed by atoms with Crippen molar-refractivity contribution < 1.29 is 13.2 Å². The summed E-state index contributed by atoms with van der Waals surface area (Å²) in [7, 11) is 0. The van der Waals surface area contributed by atoms with Crippen molar-refractivity contribution in [1.29, 1.82) is 0 Å². The Morgan fingerprint density at radius 2 is 1.83 bits per heavy atom. The van der Waals surface area contributed by atoms with Gasteiger partial charge in [-0.25, -0.2) is 4.39 Å². The van der Waals surface area contributed by atoms with E-state index in [-0.39, 0.29) is 11.7 Å². The van der Waals surface area contributed by atoms with Crippen LogP contribution in [-0.2, 0) is 12.8 Å². The molecule has 0 saturated heterocycles. The lowest BCUT2D eigenvalue weighted by Crippen LogP contribution is -2.30. The first-order chi connectivity index (χ1) is 14.0. The van der Waals surface area contributed by atoms with Crippen molar-refractivity contribution in [2.75, 3.05) is 0 Å². The zero-order chi connectivity index (χ0) is 20.4. The van der Waals surface area contributed by atoms with Crippen LogP contribution in [0.3, 0.4) is 0 Å². The molecule has 4 rings (SSSR count). The summed E-state index contributed by atoms with van der Waals surface area (Å²) in [5.41, 5.74) is 3.17. The van der Waals surface area contributed by atoms with E-state index in [2.05, 4.69) is 19.1 Å². The third-order valence-electron chi connectivity index (χ3n) is 8.10. The summed E-state index contributed by atoms with van der Waals surface area (Å²) in [4.78, 5) is 0. The van der Waals surface area contributed by atoms with E-state index in [0.29, 0.717) is 17.8 Å². The molecule has 29 heavy (non-hydrogen) atoms. The minimum absolute atomic E-state index is 0.0407. The molecule has 2 fully saturated rings. The van der Waals surface area contributed by atoms with E-state index in [1.807, 2.05) is 0 Å². The quantitative estimate of drug-likeness (QED) is 0.464. The van der Waals surface area contributed by atoms with Crippen LogP contribution in [0.5, 0.6) is 0 Å². The van der Waals surface area contributed by atoms with Gasteiger partial charge in [-0.2, -0.15) is 8.78 Å². The number of unbranched alkanes of at least 4 members (excludes halogenated alkanes) is 1. The Kier molecular flexibility index (Phi) is 6.71. The molecular weight excluding hydrogens is 369 g/mol. The van der Waals surface area contributed by atoms with Crippen molar-refractivity contribution in [1.82, 2.24) is 0 Å². The van der Waals surface area contributed by atoms with Gasteiger partial charge in [0.05, 0.1) is 0 Å². The van der Waals surface area contributed by atoms with E-state index in [1.54, 1.807) is 0 Å². The lowest BCUT2D eigenvalue weighted by atomic mass is 9.63. The highest BCUT2D eigenvalue weighted by molar-refractivity contribution is 5.38. The normalized spacial score (nSPS) is 31.7. The van der Waals surface area contributed by atoms with Gasteiger partial charge in [0.1, 0.15) is 5.82 Å². The van der Waals surface area contributed by atoms with Crippen LogP contribution in [0.15, 0.2) is 24.3 Å². The van der Waals surface area contributed by atoms with E-state index in [4.69, 9.17) is 0 Å². The molecule has 5 unspecified atom stereocenters. The predicted octanol–water partition coefficient (Wildman–Crippen LogP) is 8.20. The zero-order valence-corrected chi connectivity index (χ0v) is 17.7. The topological polar surface area (TPSA) is 0 Å². The summed E-state index contributed by atoms with van der Waals surface area (Å²) < 4.78 is 40.7. The first-order valence-corrected chi connectivity index (χ1v) is 11.9.